The molecule has 6 nitrogen and oxygen atoms in total. The largest absolute Gasteiger partial charge is 0.361 e. The van der Waals surface area contributed by atoms with Gasteiger partial charge in [-0.2, -0.15) is 4.31 Å². The highest BCUT2D eigenvalue weighted by atomic mass is 32.2. The lowest BCUT2D eigenvalue weighted by atomic mass is 10.0. The van der Waals surface area contributed by atoms with Gasteiger partial charge in [0, 0.05) is 25.2 Å². The van der Waals surface area contributed by atoms with Crippen molar-refractivity contribution in [3.8, 4) is 0 Å². The van der Waals surface area contributed by atoms with Crippen LogP contribution in [-0.2, 0) is 10.0 Å². The molecule has 0 bridgehead atoms. The highest BCUT2D eigenvalue weighted by Crippen LogP contribution is 2.23. The van der Waals surface area contributed by atoms with E-state index in [-0.39, 0.29) is 12.1 Å². The van der Waals surface area contributed by atoms with Crippen molar-refractivity contribution in [1.29, 1.82) is 0 Å². The van der Waals surface area contributed by atoms with Crippen molar-refractivity contribution in [3.05, 3.63) is 47.3 Å². The van der Waals surface area contributed by atoms with Crippen molar-refractivity contribution in [2.45, 2.75) is 50.6 Å². The molecule has 0 amide bonds. The monoisotopic (exact) mass is 363 g/mol. The highest BCUT2D eigenvalue weighted by molar-refractivity contribution is 7.89. The standard InChI is InChI=1S/C18H25N3O3S/c1-13-4-6-17(7-5-13)25(22,23)21-10-8-16(9-11-21)19-15(3)18-12-14(2)24-20-18/h4-7,12,15-16,19H,8-11H2,1-3H3. The molecule has 1 aromatic heterocycles. The Balaban J connectivity index is 1.58. The Labute approximate surface area is 149 Å². The molecular formula is C18H25N3O3S. The number of hydrogen-bond donors (Lipinski definition) is 1. The van der Waals surface area contributed by atoms with E-state index in [0.717, 1.165) is 29.9 Å². The van der Waals surface area contributed by atoms with Crippen LogP contribution in [0.15, 0.2) is 39.8 Å². The first-order valence-corrected chi connectivity index (χ1v) is 10.1. The number of piperidine rings is 1. The second-order valence-electron chi connectivity index (χ2n) is 6.74. The second-order valence-corrected chi connectivity index (χ2v) is 8.68. The molecule has 1 aliphatic rings. The molecule has 25 heavy (non-hydrogen) atoms. The van der Waals surface area contributed by atoms with E-state index in [0.29, 0.717) is 18.0 Å². The quantitative estimate of drug-likeness (QED) is 0.884. The molecular weight excluding hydrogens is 338 g/mol. The first kappa shape index (κ1) is 18.1. The van der Waals surface area contributed by atoms with Crippen LogP contribution < -0.4 is 5.32 Å². The molecule has 0 spiro atoms. The molecule has 3 rings (SSSR count). The van der Waals surface area contributed by atoms with Crippen molar-refractivity contribution in [1.82, 2.24) is 14.8 Å². The average molecular weight is 363 g/mol. The summed E-state index contributed by atoms with van der Waals surface area (Å²) in [6, 6.07) is 9.33. The second kappa shape index (κ2) is 7.27. The smallest absolute Gasteiger partial charge is 0.243 e. The molecule has 136 valence electrons. The zero-order valence-corrected chi connectivity index (χ0v) is 15.7. The molecule has 1 aromatic carbocycles. The molecule has 1 unspecified atom stereocenters. The van der Waals surface area contributed by atoms with Gasteiger partial charge in [-0.1, -0.05) is 22.9 Å². The van der Waals surface area contributed by atoms with Crippen LogP contribution in [0.25, 0.3) is 0 Å². The maximum absolute atomic E-state index is 12.7. The summed E-state index contributed by atoms with van der Waals surface area (Å²) in [5, 5.41) is 7.56. The van der Waals surface area contributed by atoms with Crippen LogP contribution in [-0.4, -0.2) is 37.0 Å². The molecule has 0 aliphatic carbocycles. The van der Waals surface area contributed by atoms with Gasteiger partial charge < -0.3 is 9.84 Å². The Morgan fingerprint density at radius 2 is 1.84 bits per heavy atom. The number of aromatic nitrogens is 1. The number of sulfonamides is 1. The van der Waals surface area contributed by atoms with Crippen molar-refractivity contribution >= 4 is 10.0 Å². The Hall–Kier alpha value is -1.70. The van der Waals surface area contributed by atoms with Crippen LogP contribution >= 0.6 is 0 Å². The third-order valence-corrected chi connectivity index (χ3v) is 6.60. The summed E-state index contributed by atoms with van der Waals surface area (Å²) in [5.41, 5.74) is 1.94. The van der Waals surface area contributed by atoms with Gasteiger partial charge in [-0.05, 0) is 45.7 Å². The number of nitrogens with zero attached hydrogens (tertiary/aromatic N) is 2. The van der Waals surface area contributed by atoms with Crippen molar-refractivity contribution in [2.24, 2.45) is 0 Å². The van der Waals surface area contributed by atoms with Crippen molar-refractivity contribution in [2.75, 3.05) is 13.1 Å². The summed E-state index contributed by atoms with van der Waals surface area (Å²) in [5.74, 6) is 0.794. The summed E-state index contributed by atoms with van der Waals surface area (Å²) in [6.07, 6.45) is 1.57. The van der Waals surface area contributed by atoms with Gasteiger partial charge in [0.2, 0.25) is 10.0 Å². The molecule has 0 saturated carbocycles. The van der Waals surface area contributed by atoms with E-state index in [1.165, 1.54) is 0 Å². The Bertz CT molecular complexity index is 806. The minimum Gasteiger partial charge on any atom is -0.361 e. The number of rotatable bonds is 5. The summed E-state index contributed by atoms with van der Waals surface area (Å²) in [6.45, 7) is 6.92. The molecule has 2 heterocycles. The molecule has 1 saturated heterocycles. The summed E-state index contributed by atoms with van der Waals surface area (Å²) in [4.78, 5) is 0.371. The molecule has 1 atom stereocenters. The summed E-state index contributed by atoms with van der Waals surface area (Å²) in [7, 11) is -3.40. The lowest BCUT2D eigenvalue weighted by molar-refractivity contribution is 0.273. The average Bonchev–Trinajstić information content (AvgIpc) is 3.02. The van der Waals surface area contributed by atoms with Gasteiger partial charge in [0.25, 0.3) is 0 Å². The van der Waals surface area contributed by atoms with E-state index in [1.54, 1.807) is 16.4 Å². The Morgan fingerprint density at radius 3 is 2.40 bits per heavy atom. The number of aryl methyl sites for hydroxylation is 2. The molecule has 2 aromatic rings. The van der Waals surface area contributed by atoms with Crippen LogP contribution in [0.2, 0.25) is 0 Å². The fourth-order valence-electron chi connectivity index (χ4n) is 3.15. The maximum Gasteiger partial charge on any atom is 0.243 e. The predicted octanol–water partition coefficient (Wildman–Crippen LogP) is 2.80. The van der Waals surface area contributed by atoms with E-state index in [4.69, 9.17) is 4.52 Å². The Morgan fingerprint density at radius 1 is 1.20 bits per heavy atom. The number of benzene rings is 1. The first-order chi connectivity index (χ1) is 11.9. The van der Waals surface area contributed by atoms with Crippen molar-refractivity contribution in [3.63, 3.8) is 0 Å². The zero-order valence-electron chi connectivity index (χ0n) is 14.9. The minimum atomic E-state index is -3.40. The van der Waals surface area contributed by atoms with Crippen LogP contribution in [0, 0.1) is 13.8 Å². The third-order valence-electron chi connectivity index (χ3n) is 4.69. The third kappa shape index (κ3) is 4.11. The van der Waals surface area contributed by atoms with E-state index < -0.39 is 10.0 Å². The minimum absolute atomic E-state index is 0.0858. The van der Waals surface area contributed by atoms with Crippen LogP contribution in [0.1, 0.15) is 42.8 Å². The molecule has 0 radical (unpaired) electrons. The fourth-order valence-corrected chi connectivity index (χ4v) is 4.62. The van der Waals surface area contributed by atoms with Gasteiger partial charge in [0.1, 0.15) is 11.5 Å². The van der Waals surface area contributed by atoms with Crippen molar-refractivity contribution < 1.29 is 12.9 Å². The summed E-state index contributed by atoms with van der Waals surface area (Å²) >= 11 is 0. The van der Waals surface area contributed by atoms with Gasteiger partial charge >= 0.3 is 0 Å². The lowest BCUT2D eigenvalue weighted by Crippen LogP contribution is -2.45. The van der Waals surface area contributed by atoms with Gasteiger partial charge in [0.15, 0.2) is 0 Å². The van der Waals surface area contributed by atoms with E-state index in [2.05, 4.69) is 10.5 Å². The predicted molar refractivity (Wildman–Crippen MR) is 95.8 cm³/mol. The van der Waals surface area contributed by atoms with Gasteiger partial charge in [-0.25, -0.2) is 8.42 Å². The summed E-state index contributed by atoms with van der Waals surface area (Å²) < 4.78 is 32.2. The molecule has 7 heteroatoms. The van der Waals surface area contributed by atoms with Crippen LogP contribution in [0.3, 0.4) is 0 Å². The van der Waals surface area contributed by atoms with Crippen LogP contribution in [0.4, 0.5) is 0 Å². The molecule has 1 aliphatic heterocycles. The Kier molecular flexibility index (Phi) is 5.27. The van der Waals surface area contributed by atoms with Gasteiger partial charge in [0.05, 0.1) is 10.9 Å². The zero-order chi connectivity index (χ0) is 18.0. The van der Waals surface area contributed by atoms with Gasteiger partial charge in [-0.3, -0.25) is 0 Å². The van der Waals surface area contributed by atoms with E-state index >= 15 is 0 Å². The normalized spacial score (nSPS) is 18.4. The highest BCUT2D eigenvalue weighted by Gasteiger charge is 2.30. The van der Waals surface area contributed by atoms with E-state index in [1.807, 2.05) is 39.0 Å². The first-order valence-electron chi connectivity index (χ1n) is 8.62. The number of nitrogens with one attached hydrogen (secondary N) is 1. The van der Waals surface area contributed by atoms with E-state index in [9.17, 15) is 8.42 Å². The maximum atomic E-state index is 12.7. The SMILES string of the molecule is Cc1ccc(S(=O)(=O)N2CCC(NC(C)c3cc(C)on3)CC2)cc1. The topological polar surface area (TPSA) is 75.4 Å². The lowest BCUT2D eigenvalue weighted by Gasteiger charge is -2.33. The fraction of sp³-hybridized carbons (Fsp3) is 0.500. The van der Waals surface area contributed by atoms with Gasteiger partial charge in [-0.15, -0.1) is 0 Å². The molecule has 1 fully saturated rings. The molecule has 1 N–H and O–H groups in total. The van der Waals surface area contributed by atoms with Crippen LogP contribution in [0.5, 0.6) is 0 Å². The number of hydrogen-bond acceptors (Lipinski definition) is 5.